The molecule has 3 aromatic rings. The highest BCUT2D eigenvalue weighted by Gasteiger charge is 2.23. The first kappa shape index (κ1) is 19.3. The van der Waals surface area contributed by atoms with E-state index in [1.54, 1.807) is 30.6 Å². The number of piperidine rings is 1. The number of nitrogen functional groups attached to an aromatic ring is 1. The molecule has 4 rings (SSSR count). The van der Waals surface area contributed by atoms with Gasteiger partial charge in [-0.05, 0) is 31.0 Å². The van der Waals surface area contributed by atoms with Crippen LogP contribution in [0.5, 0.6) is 0 Å². The number of aromatic nitrogens is 2. The molecule has 1 aliphatic rings. The van der Waals surface area contributed by atoms with Gasteiger partial charge in [0.15, 0.2) is 5.69 Å². The topological polar surface area (TPSA) is 110 Å². The van der Waals surface area contributed by atoms with Crippen molar-refractivity contribution in [3.63, 3.8) is 0 Å². The summed E-state index contributed by atoms with van der Waals surface area (Å²) in [6.07, 6.45) is 5.24. The number of amides is 1. The summed E-state index contributed by atoms with van der Waals surface area (Å²) < 4.78 is 14.1. The minimum atomic E-state index is -0.461. The van der Waals surface area contributed by atoms with Crippen LogP contribution in [0.2, 0.25) is 0 Å². The minimum Gasteiger partial charge on any atom is -0.389 e. The van der Waals surface area contributed by atoms with Crippen LogP contribution in [0, 0.1) is 5.82 Å². The number of hydrogen-bond acceptors (Lipinski definition) is 7. The second kappa shape index (κ2) is 8.14. The monoisotopic (exact) mass is 412 g/mol. The number of nitrogens with two attached hydrogens (primary N) is 2. The highest BCUT2D eigenvalue weighted by atomic mass is 32.1. The van der Waals surface area contributed by atoms with Gasteiger partial charge >= 0.3 is 0 Å². The molecule has 0 aliphatic carbocycles. The molecular weight excluding hydrogens is 391 g/mol. The van der Waals surface area contributed by atoms with Crippen molar-refractivity contribution in [2.75, 3.05) is 29.0 Å². The van der Waals surface area contributed by atoms with Gasteiger partial charge in [0.25, 0.3) is 5.91 Å². The van der Waals surface area contributed by atoms with Gasteiger partial charge in [0.05, 0.1) is 17.6 Å². The maximum Gasteiger partial charge on any atom is 0.277 e. The van der Waals surface area contributed by atoms with Crippen LogP contribution in [0.25, 0.3) is 10.6 Å². The van der Waals surface area contributed by atoms with Gasteiger partial charge in [-0.15, -0.1) is 0 Å². The first-order valence-electron chi connectivity index (χ1n) is 9.30. The Balaban J connectivity index is 1.59. The molecule has 2 aromatic heterocycles. The number of hydrogen-bond donors (Lipinski definition) is 3. The van der Waals surface area contributed by atoms with Crippen molar-refractivity contribution in [1.82, 2.24) is 9.97 Å². The number of nitrogens with zero attached hydrogens (tertiary/aromatic N) is 3. The molecule has 5 N–H and O–H groups in total. The fourth-order valence-electron chi connectivity index (χ4n) is 3.41. The van der Waals surface area contributed by atoms with Crippen LogP contribution in [0.1, 0.15) is 23.3 Å². The SMILES string of the molecule is Nc1sc(-c2ccccc2F)nc1C(=O)Nc1cnccc1N1CCC[C@H](N)C1. The Morgan fingerprint density at radius 3 is 2.93 bits per heavy atom. The van der Waals surface area contributed by atoms with E-state index in [1.165, 1.54) is 6.07 Å². The zero-order valence-electron chi connectivity index (χ0n) is 15.6. The molecule has 0 spiro atoms. The number of nitrogens with one attached hydrogen (secondary N) is 1. The van der Waals surface area contributed by atoms with E-state index in [0.29, 0.717) is 22.8 Å². The molecule has 29 heavy (non-hydrogen) atoms. The van der Waals surface area contributed by atoms with Crippen LogP contribution in [0.4, 0.5) is 20.8 Å². The Labute approximate surface area is 171 Å². The van der Waals surface area contributed by atoms with Crippen LogP contribution >= 0.6 is 11.3 Å². The summed E-state index contributed by atoms with van der Waals surface area (Å²) >= 11 is 1.08. The Morgan fingerprint density at radius 2 is 2.14 bits per heavy atom. The van der Waals surface area contributed by atoms with Gasteiger partial charge < -0.3 is 21.7 Å². The number of pyridine rings is 1. The van der Waals surface area contributed by atoms with Crippen molar-refractivity contribution < 1.29 is 9.18 Å². The third kappa shape index (κ3) is 4.06. The molecule has 1 fully saturated rings. The molecule has 1 amide bonds. The largest absolute Gasteiger partial charge is 0.389 e. The van der Waals surface area contributed by atoms with Crippen LogP contribution in [0.3, 0.4) is 0 Å². The highest BCUT2D eigenvalue weighted by molar-refractivity contribution is 7.19. The maximum atomic E-state index is 14.1. The van der Waals surface area contributed by atoms with E-state index in [0.717, 1.165) is 36.4 Å². The molecule has 3 heterocycles. The van der Waals surface area contributed by atoms with Crippen molar-refractivity contribution in [3.05, 3.63) is 54.2 Å². The van der Waals surface area contributed by atoms with Gasteiger partial charge in [-0.2, -0.15) is 0 Å². The van der Waals surface area contributed by atoms with Crippen molar-refractivity contribution in [1.29, 1.82) is 0 Å². The number of halogens is 1. The highest BCUT2D eigenvalue weighted by Crippen LogP contribution is 2.33. The second-order valence-corrected chi connectivity index (χ2v) is 7.94. The fraction of sp³-hybridized carbons (Fsp3) is 0.250. The first-order valence-corrected chi connectivity index (χ1v) is 10.1. The van der Waals surface area contributed by atoms with Gasteiger partial charge in [-0.25, -0.2) is 9.37 Å². The third-order valence-electron chi connectivity index (χ3n) is 4.82. The van der Waals surface area contributed by atoms with E-state index in [1.807, 2.05) is 6.07 Å². The summed E-state index contributed by atoms with van der Waals surface area (Å²) in [5.41, 5.74) is 13.9. The molecule has 1 saturated heterocycles. The summed E-state index contributed by atoms with van der Waals surface area (Å²) in [7, 11) is 0. The smallest absolute Gasteiger partial charge is 0.277 e. The molecule has 1 aliphatic heterocycles. The number of carbonyl (C=O) groups excluding carboxylic acids is 1. The molecule has 9 heteroatoms. The van der Waals surface area contributed by atoms with Crippen molar-refractivity contribution in [2.24, 2.45) is 5.73 Å². The molecular formula is C20H21FN6OS. The molecule has 0 unspecified atom stereocenters. The fourth-order valence-corrected chi connectivity index (χ4v) is 4.27. The number of rotatable bonds is 4. The summed E-state index contributed by atoms with van der Waals surface area (Å²) in [6.45, 7) is 1.57. The van der Waals surface area contributed by atoms with Crippen LogP contribution in [-0.2, 0) is 0 Å². The zero-order valence-corrected chi connectivity index (χ0v) is 16.5. The lowest BCUT2D eigenvalue weighted by Gasteiger charge is -2.33. The standard InChI is InChI=1S/C20H21FN6OS/c21-14-6-2-1-5-13(14)20-26-17(18(23)29-20)19(28)25-15-10-24-8-7-16(15)27-9-3-4-12(22)11-27/h1-2,5-8,10,12H,3-4,9,11,22-23H2,(H,25,28)/t12-/m0/s1. The van der Waals surface area contributed by atoms with Crippen LogP contribution in [0.15, 0.2) is 42.7 Å². The van der Waals surface area contributed by atoms with E-state index in [2.05, 4.69) is 20.2 Å². The predicted molar refractivity (Wildman–Crippen MR) is 114 cm³/mol. The summed E-state index contributed by atoms with van der Waals surface area (Å²) in [4.78, 5) is 23.4. The maximum absolute atomic E-state index is 14.1. The van der Waals surface area contributed by atoms with Gasteiger partial charge in [0.1, 0.15) is 15.8 Å². The Kier molecular flexibility index (Phi) is 5.41. The molecule has 1 aromatic carbocycles. The van der Waals surface area contributed by atoms with E-state index < -0.39 is 11.7 Å². The lowest BCUT2D eigenvalue weighted by molar-refractivity contribution is 0.102. The minimum absolute atomic E-state index is 0.0680. The average Bonchev–Trinajstić information content (AvgIpc) is 3.10. The predicted octanol–water partition coefficient (Wildman–Crippen LogP) is 3.11. The van der Waals surface area contributed by atoms with E-state index >= 15 is 0 Å². The molecule has 7 nitrogen and oxygen atoms in total. The van der Waals surface area contributed by atoms with Crippen LogP contribution in [-0.4, -0.2) is 35.0 Å². The first-order chi connectivity index (χ1) is 14.0. The average molecular weight is 412 g/mol. The van der Waals surface area contributed by atoms with E-state index in [9.17, 15) is 9.18 Å². The molecule has 0 bridgehead atoms. The van der Waals surface area contributed by atoms with E-state index in [-0.39, 0.29) is 16.7 Å². The second-order valence-electron chi connectivity index (χ2n) is 6.91. The lowest BCUT2D eigenvalue weighted by Crippen LogP contribution is -2.43. The lowest BCUT2D eigenvalue weighted by atomic mass is 10.1. The number of anilines is 3. The van der Waals surface area contributed by atoms with Gasteiger partial charge in [0, 0.05) is 30.9 Å². The van der Waals surface area contributed by atoms with Crippen molar-refractivity contribution >= 4 is 33.6 Å². The normalized spacial score (nSPS) is 16.6. The van der Waals surface area contributed by atoms with Gasteiger partial charge in [-0.1, -0.05) is 23.5 Å². The quantitative estimate of drug-likeness (QED) is 0.607. The molecule has 0 saturated carbocycles. The Morgan fingerprint density at radius 1 is 1.31 bits per heavy atom. The number of benzene rings is 1. The van der Waals surface area contributed by atoms with Crippen molar-refractivity contribution in [2.45, 2.75) is 18.9 Å². The van der Waals surface area contributed by atoms with Gasteiger partial charge in [-0.3, -0.25) is 9.78 Å². The summed E-state index contributed by atoms with van der Waals surface area (Å²) in [5.74, 6) is -0.874. The molecule has 150 valence electrons. The molecule has 0 radical (unpaired) electrons. The Bertz CT molecular complexity index is 1040. The summed E-state index contributed by atoms with van der Waals surface area (Å²) in [6, 6.07) is 8.20. The Hall–Kier alpha value is -3.04. The number of thiazole rings is 1. The van der Waals surface area contributed by atoms with Gasteiger partial charge in [0.2, 0.25) is 0 Å². The third-order valence-corrected chi connectivity index (χ3v) is 5.74. The van der Waals surface area contributed by atoms with E-state index in [4.69, 9.17) is 11.5 Å². The summed E-state index contributed by atoms with van der Waals surface area (Å²) in [5, 5.41) is 3.43. The zero-order chi connectivity index (χ0) is 20.4. The van der Waals surface area contributed by atoms with Crippen LogP contribution < -0.4 is 21.7 Å². The number of carbonyl (C=O) groups is 1. The molecule has 1 atom stereocenters. The van der Waals surface area contributed by atoms with Crippen molar-refractivity contribution in [3.8, 4) is 10.6 Å².